The Kier molecular flexibility index (Phi) is 3.20. The van der Waals surface area contributed by atoms with E-state index >= 15 is 0 Å². The molecule has 3 heteroatoms. The Morgan fingerprint density at radius 2 is 2.54 bits per heavy atom. The molecule has 1 heterocycles. The van der Waals surface area contributed by atoms with Crippen molar-refractivity contribution in [2.45, 2.75) is 13.0 Å². The zero-order chi connectivity index (χ0) is 9.68. The molecule has 1 N–H and O–H groups in total. The van der Waals surface area contributed by atoms with Gasteiger partial charge >= 0.3 is 0 Å². The summed E-state index contributed by atoms with van der Waals surface area (Å²) in [5.74, 6) is -0.170. The van der Waals surface area contributed by atoms with Gasteiger partial charge in [0, 0.05) is 12.4 Å². The van der Waals surface area contributed by atoms with Crippen LogP contribution in [0.5, 0.6) is 0 Å². The zero-order valence-corrected chi connectivity index (χ0v) is 7.53. The molecule has 0 spiro atoms. The van der Waals surface area contributed by atoms with E-state index in [2.05, 4.69) is 16.9 Å². The van der Waals surface area contributed by atoms with Gasteiger partial charge in [-0.05, 0) is 24.6 Å². The van der Waals surface area contributed by atoms with Gasteiger partial charge in [0.05, 0.1) is 6.04 Å². The number of carbonyl (C=O) groups excluding carboxylic acids is 1. The van der Waals surface area contributed by atoms with E-state index in [0.717, 1.165) is 5.56 Å². The van der Waals surface area contributed by atoms with Crippen LogP contribution in [0.3, 0.4) is 0 Å². The third-order valence-electron chi connectivity index (χ3n) is 1.73. The number of nitrogens with one attached hydrogen (secondary N) is 1. The number of amides is 1. The molecule has 68 valence electrons. The van der Waals surface area contributed by atoms with Crippen molar-refractivity contribution in [2.24, 2.45) is 0 Å². The number of nitrogens with zero attached hydrogens (tertiary/aromatic N) is 1. The number of rotatable bonds is 3. The van der Waals surface area contributed by atoms with E-state index in [9.17, 15) is 4.79 Å². The first-order chi connectivity index (χ1) is 6.24. The fourth-order valence-electron chi connectivity index (χ4n) is 0.988. The van der Waals surface area contributed by atoms with Gasteiger partial charge in [-0.3, -0.25) is 9.78 Å². The molecule has 3 nitrogen and oxygen atoms in total. The van der Waals surface area contributed by atoms with Crippen molar-refractivity contribution in [3.05, 3.63) is 42.7 Å². The lowest BCUT2D eigenvalue weighted by Gasteiger charge is -2.11. The van der Waals surface area contributed by atoms with Crippen LogP contribution in [0.4, 0.5) is 0 Å². The first-order valence-electron chi connectivity index (χ1n) is 4.07. The van der Waals surface area contributed by atoms with Crippen LogP contribution in [0.2, 0.25) is 0 Å². The fourth-order valence-corrected chi connectivity index (χ4v) is 0.988. The maximum absolute atomic E-state index is 10.9. The second-order valence-corrected chi connectivity index (χ2v) is 2.72. The Bertz CT molecular complexity index is 295. The van der Waals surface area contributed by atoms with Gasteiger partial charge in [0.1, 0.15) is 0 Å². The van der Waals surface area contributed by atoms with Crippen molar-refractivity contribution in [1.29, 1.82) is 0 Å². The van der Waals surface area contributed by atoms with Crippen LogP contribution in [0.1, 0.15) is 18.5 Å². The number of aromatic nitrogens is 1. The summed E-state index contributed by atoms with van der Waals surface area (Å²) in [6, 6.07) is 3.73. The van der Waals surface area contributed by atoms with Crippen molar-refractivity contribution < 1.29 is 4.79 Å². The number of hydrogen-bond acceptors (Lipinski definition) is 2. The summed E-state index contributed by atoms with van der Waals surface area (Å²) < 4.78 is 0. The molecule has 0 saturated heterocycles. The minimum absolute atomic E-state index is 0.0285. The predicted molar refractivity (Wildman–Crippen MR) is 51.0 cm³/mol. The van der Waals surface area contributed by atoms with Gasteiger partial charge in [0.25, 0.3) is 0 Å². The SMILES string of the molecule is C=CC(=O)N[C@@H](C)c1cccnc1. The topological polar surface area (TPSA) is 42.0 Å². The summed E-state index contributed by atoms with van der Waals surface area (Å²) in [5.41, 5.74) is 0.984. The van der Waals surface area contributed by atoms with E-state index < -0.39 is 0 Å². The lowest BCUT2D eigenvalue weighted by atomic mass is 10.1. The van der Waals surface area contributed by atoms with Crippen LogP contribution in [-0.2, 0) is 4.79 Å². The van der Waals surface area contributed by atoms with E-state index in [1.165, 1.54) is 6.08 Å². The van der Waals surface area contributed by atoms with Crippen LogP contribution < -0.4 is 5.32 Å². The Balaban J connectivity index is 2.63. The molecule has 0 bridgehead atoms. The van der Waals surface area contributed by atoms with Gasteiger partial charge in [0.2, 0.25) is 5.91 Å². The molecule has 1 aromatic rings. The first-order valence-corrected chi connectivity index (χ1v) is 4.07. The first kappa shape index (κ1) is 9.45. The van der Waals surface area contributed by atoms with Gasteiger partial charge in [-0.25, -0.2) is 0 Å². The standard InChI is InChI=1S/C10H12N2O/c1-3-10(13)12-8(2)9-5-4-6-11-7-9/h3-8H,1H2,2H3,(H,12,13)/t8-/m0/s1. The molecule has 1 amide bonds. The summed E-state index contributed by atoms with van der Waals surface area (Å²) in [6.07, 6.45) is 4.69. The average molecular weight is 176 g/mol. The molecule has 0 fully saturated rings. The monoisotopic (exact) mass is 176 g/mol. The highest BCUT2D eigenvalue weighted by molar-refractivity contribution is 5.87. The van der Waals surface area contributed by atoms with E-state index in [1.54, 1.807) is 12.4 Å². The van der Waals surface area contributed by atoms with Crippen LogP contribution in [-0.4, -0.2) is 10.9 Å². The molecule has 0 unspecified atom stereocenters. The largest absolute Gasteiger partial charge is 0.346 e. The van der Waals surface area contributed by atoms with Gasteiger partial charge < -0.3 is 5.32 Å². The molecule has 0 aliphatic carbocycles. The zero-order valence-electron chi connectivity index (χ0n) is 7.53. The maximum Gasteiger partial charge on any atom is 0.243 e. The number of hydrogen-bond donors (Lipinski definition) is 1. The summed E-state index contributed by atoms with van der Waals surface area (Å²) in [5, 5.41) is 2.75. The third kappa shape index (κ3) is 2.71. The highest BCUT2D eigenvalue weighted by Gasteiger charge is 2.05. The maximum atomic E-state index is 10.9. The second kappa shape index (κ2) is 4.40. The van der Waals surface area contributed by atoms with Crippen LogP contribution in [0.25, 0.3) is 0 Å². The van der Waals surface area contributed by atoms with Gasteiger partial charge in [-0.15, -0.1) is 0 Å². The summed E-state index contributed by atoms with van der Waals surface area (Å²) >= 11 is 0. The molecule has 1 aromatic heterocycles. The summed E-state index contributed by atoms with van der Waals surface area (Å²) in [6.45, 7) is 5.28. The van der Waals surface area contributed by atoms with Crippen LogP contribution in [0, 0.1) is 0 Å². The van der Waals surface area contributed by atoms with E-state index in [1.807, 2.05) is 19.1 Å². The predicted octanol–water partition coefficient (Wildman–Crippen LogP) is 1.44. The number of carbonyl (C=O) groups is 1. The molecule has 0 aromatic carbocycles. The smallest absolute Gasteiger partial charge is 0.243 e. The Morgan fingerprint density at radius 3 is 3.08 bits per heavy atom. The van der Waals surface area contributed by atoms with Gasteiger partial charge in [-0.1, -0.05) is 12.6 Å². The molecule has 1 atom stereocenters. The molecule has 0 saturated carbocycles. The molecule has 13 heavy (non-hydrogen) atoms. The van der Waals surface area contributed by atoms with Gasteiger partial charge in [0.15, 0.2) is 0 Å². The fraction of sp³-hybridized carbons (Fsp3) is 0.200. The lowest BCUT2D eigenvalue weighted by molar-refractivity contribution is -0.117. The molecule has 0 radical (unpaired) electrons. The minimum Gasteiger partial charge on any atom is -0.346 e. The van der Waals surface area contributed by atoms with Crippen molar-refractivity contribution in [3.63, 3.8) is 0 Å². The highest BCUT2D eigenvalue weighted by atomic mass is 16.1. The van der Waals surface area contributed by atoms with Crippen molar-refractivity contribution in [1.82, 2.24) is 10.3 Å². The average Bonchev–Trinajstić information content (AvgIpc) is 2.19. The second-order valence-electron chi connectivity index (χ2n) is 2.72. The molecule has 0 aliphatic heterocycles. The summed E-state index contributed by atoms with van der Waals surface area (Å²) in [4.78, 5) is 14.9. The van der Waals surface area contributed by atoms with E-state index in [0.29, 0.717) is 0 Å². The molecule has 1 rings (SSSR count). The third-order valence-corrected chi connectivity index (χ3v) is 1.73. The molecular formula is C10H12N2O. The minimum atomic E-state index is -0.170. The number of pyridine rings is 1. The van der Waals surface area contributed by atoms with Crippen LogP contribution >= 0.6 is 0 Å². The van der Waals surface area contributed by atoms with Crippen molar-refractivity contribution >= 4 is 5.91 Å². The quantitative estimate of drug-likeness (QED) is 0.708. The van der Waals surface area contributed by atoms with Gasteiger partial charge in [-0.2, -0.15) is 0 Å². The Labute approximate surface area is 77.5 Å². The van der Waals surface area contributed by atoms with Crippen molar-refractivity contribution in [2.75, 3.05) is 0 Å². The Morgan fingerprint density at radius 1 is 1.77 bits per heavy atom. The normalized spacial score (nSPS) is 11.8. The lowest BCUT2D eigenvalue weighted by Crippen LogP contribution is -2.24. The van der Waals surface area contributed by atoms with Crippen LogP contribution in [0.15, 0.2) is 37.2 Å². The van der Waals surface area contributed by atoms with Crippen molar-refractivity contribution in [3.8, 4) is 0 Å². The highest BCUT2D eigenvalue weighted by Crippen LogP contribution is 2.08. The Hall–Kier alpha value is -1.64. The molecule has 0 aliphatic rings. The van der Waals surface area contributed by atoms with E-state index in [4.69, 9.17) is 0 Å². The van der Waals surface area contributed by atoms with E-state index in [-0.39, 0.29) is 11.9 Å². The molecular weight excluding hydrogens is 164 g/mol. The summed E-state index contributed by atoms with van der Waals surface area (Å²) in [7, 11) is 0.